The lowest BCUT2D eigenvalue weighted by atomic mass is 10.1. The summed E-state index contributed by atoms with van der Waals surface area (Å²) in [5.41, 5.74) is 1.38. The predicted octanol–water partition coefficient (Wildman–Crippen LogP) is 3.58. The zero-order chi connectivity index (χ0) is 11.6. The second kappa shape index (κ2) is 4.27. The summed E-state index contributed by atoms with van der Waals surface area (Å²) in [6.45, 7) is 8.12. The van der Waals surface area contributed by atoms with Crippen LogP contribution in [-0.2, 0) is 0 Å². The van der Waals surface area contributed by atoms with E-state index in [0.29, 0.717) is 5.56 Å². The SMILES string of the molecule is Cc1ccc(SC(C)(C)C)c(C(=O)O)c1. The maximum Gasteiger partial charge on any atom is 0.336 e. The summed E-state index contributed by atoms with van der Waals surface area (Å²) in [5.74, 6) is -0.856. The van der Waals surface area contributed by atoms with Gasteiger partial charge in [0.15, 0.2) is 0 Å². The molecule has 0 saturated heterocycles. The maximum absolute atomic E-state index is 11.0. The fourth-order valence-corrected chi connectivity index (χ4v) is 2.28. The summed E-state index contributed by atoms with van der Waals surface area (Å²) in [7, 11) is 0. The van der Waals surface area contributed by atoms with Crippen molar-refractivity contribution < 1.29 is 9.90 Å². The number of carbonyl (C=O) groups is 1. The summed E-state index contributed by atoms with van der Waals surface area (Å²) in [6, 6.07) is 5.55. The number of thioether (sulfide) groups is 1. The van der Waals surface area contributed by atoms with E-state index in [4.69, 9.17) is 5.11 Å². The molecular weight excluding hydrogens is 208 g/mol. The van der Waals surface area contributed by atoms with Crippen LogP contribution in [0.1, 0.15) is 36.7 Å². The van der Waals surface area contributed by atoms with Gasteiger partial charge in [-0.2, -0.15) is 0 Å². The minimum Gasteiger partial charge on any atom is -0.478 e. The van der Waals surface area contributed by atoms with Crippen molar-refractivity contribution in [2.24, 2.45) is 0 Å². The molecule has 0 aliphatic rings. The third-order valence-electron chi connectivity index (χ3n) is 1.78. The molecule has 0 heterocycles. The molecule has 1 N–H and O–H groups in total. The van der Waals surface area contributed by atoms with Crippen LogP contribution in [0.3, 0.4) is 0 Å². The normalized spacial score (nSPS) is 11.5. The van der Waals surface area contributed by atoms with E-state index >= 15 is 0 Å². The van der Waals surface area contributed by atoms with E-state index in [9.17, 15) is 4.79 Å². The van der Waals surface area contributed by atoms with Crippen LogP contribution in [0.25, 0.3) is 0 Å². The zero-order valence-electron chi connectivity index (χ0n) is 9.50. The first-order chi connectivity index (χ1) is 6.79. The van der Waals surface area contributed by atoms with Gasteiger partial charge < -0.3 is 5.11 Å². The van der Waals surface area contributed by atoms with E-state index in [-0.39, 0.29) is 4.75 Å². The van der Waals surface area contributed by atoms with Crippen molar-refractivity contribution in [2.75, 3.05) is 0 Å². The molecule has 3 heteroatoms. The fraction of sp³-hybridized carbons (Fsp3) is 0.417. The molecule has 1 aromatic carbocycles. The van der Waals surface area contributed by atoms with Gasteiger partial charge in [0, 0.05) is 9.64 Å². The molecular formula is C12H16O2S. The molecule has 2 nitrogen and oxygen atoms in total. The Labute approximate surface area is 94.7 Å². The Morgan fingerprint density at radius 3 is 2.40 bits per heavy atom. The molecule has 0 bridgehead atoms. The van der Waals surface area contributed by atoms with Crippen molar-refractivity contribution in [1.29, 1.82) is 0 Å². The third kappa shape index (κ3) is 3.59. The van der Waals surface area contributed by atoms with E-state index in [1.807, 2.05) is 19.1 Å². The van der Waals surface area contributed by atoms with Gasteiger partial charge in [-0.1, -0.05) is 32.4 Å². The van der Waals surface area contributed by atoms with Gasteiger partial charge in [-0.25, -0.2) is 4.79 Å². The summed E-state index contributed by atoms with van der Waals surface area (Å²) in [6.07, 6.45) is 0. The Morgan fingerprint density at radius 1 is 1.33 bits per heavy atom. The molecule has 0 aliphatic heterocycles. The van der Waals surface area contributed by atoms with E-state index < -0.39 is 5.97 Å². The molecule has 0 spiro atoms. The van der Waals surface area contributed by atoms with Crippen LogP contribution in [-0.4, -0.2) is 15.8 Å². The molecule has 15 heavy (non-hydrogen) atoms. The number of aromatic carboxylic acids is 1. The number of hydrogen-bond acceptors (Lipinski definition) is 2. The summed E-state index contributed by atoms with van der Waals surface area (Å²) in [5, 5.41) is 9.07. The van der Waals surface area contributed by atoms with Crippen molar-refractivity contribution in [3.8, 4) is 0 Å². The monoisotopic (exact) mass is 224 g/mol. The average Bonchev–Trinajstić information content (AvgIpc) is 2.05. The number of benzene rings is 1. The van der Waals surface area contributed by atoms with Gasteiger partial charge in [-0.3, -0.25) is 0 Å². The number of hydrogen-bond donors (Lipinski definition) is 1. The highest BCUT2D eigenvalue weighted by molar-refractivity contribution is 8.00. The molecule has 0 aromatic heterocycles. The van der Waals surface area contributed by atoms with Crippen molar-refractivity contribution >= 4 is 17.7 Å². The van der Waals surface area contributed by atoms with Crippen LogP contribution in [0.4, 0.5) is 0 Å². The van der Waals surface area contributed by atoms with Gasteiger partial charge >= 0.3 is 5.97 Å². The molecule has 0 amide bonds. The quantitative estimate of drug-likeness (QED) is 0.780. The molecule has 0 saturated carbocycles. The van der Waals surface area contributed by atoms with Crippen LogP contribution in [0.5, 0.6) is 0 Å². The lowest BCUT2D eigenvalue weighted by Gasteiger charge is -2.19. The summed E-state index contributed by atoms with van der Waals surface area (Å²) < 4.78 is 0.0272. The Hall–Kier alpha value is -0.960. The molecule has 1 rings (SSSR count). The van der Waals surface area contributed by atoms with Gasteiger partial charge in [0.2, 0.25) is 0 Å². The van der Waals surface area contributed by atoms with Crippen molar-refractivity contribution in [3.63, 3.8) is 0 Å². The predicted molar refractivity (Wildman–Crippen MR) is 63.7 cm³/mol. The number of aryl methyl sites for hydroxylation is 1. The van der Waals surface area contributed by atoms with E-state index in [0.717, 1.165) is 10.5 Å². The zero-order valence-corrected chi connectivity index (χ0v) is 10.3. The van der Waals surface area contributed by atoms with Crippen LogP contribution >= 0.6 is 11.8 Å². The summed E-state index contributed by atoms with van der Waals surface area (Å²) >= 11 is 1.58. The first kappa shape index (κ1) is 12.1. The molecule has 0 aliphatic carbocycles. The van der Waals surface area contributed by atoms with Crippen molar-refractivity contribution in [2.45, 2.75) is 37.3 Å². The topological polar surface area (TPSA) is 37.3 Å². The van der Waals surface area contributed by atoms with Crippen molar-refractivity contribution in [3.05, 3.63) is 29.3 Å². The van der Waals surface area contributed by atoms with Gasteiger partial charge in [0.05, 0.1) is 5.56 Å². The van der Waals surface area contributed by atoms with Crippen LogP contribution in [0.15, 0.2) is 23.1 Å². The van der Waals surface area contributed by atoms with Gasteiger partial charge in [-0.05, 0) is 19.1 Å². The van der Waals surface area contributed by atoms with E-state index in [1.165, 1.54) is 0 Å². The molecule has 0 fully saturated rings. The van der Waals surface area contributed by atoms with E-state index in [1.54, 1.807) is 17.8 Å². The minimum atomic E-state index is -0.856. The van der Waals surface area contributed by atoms with Gasteiger partial charge in [0.1, 0.15) is 0 Å². The molecule has 82 valence electrons. The Kier molecular flexibility index (Phi) is 3.45. The number of carboxylic acids is 1. The largest absolute Gasteiger partial charge is 0.478 e. The number of carboxylic acid groups (broad SMARTS) is 1. The molecule has 0 unspecified atom stereocenters. The fourth-order valence-electron chi connectivity index (χ4n) is 1.23. The number of rotatable bonds is 2. The lowest BCUT2D eigenvalue weighted by Crippen LogP contribution is -2.09. The van der Waals surface area contributed by atoms with Crippen LogP contribution in [0, 0.1) is 6.92 Å². The minimum absolute atomic E-state index is 0.0272. The van der Waals surface area contributed by atoms with Crippen LogP contribution in [0.2, 0.25) is 0 Å². The van der Waals surface area contributed by atoms with Crippen LogP contribution < -0.4 is 0 Å². The highest BCUT2D eigenvalue weighted by atomic mass is 32.2. The Bertz CT molecular complexity index is 378. The third-order valence-corrected chi connectivity index (χ3v) is 2.97. The van der Waals surface area contributed by atoms with Gasteiger partial charge in [-0.15, -0.1) is 11.8 Å². The highest BCUT2D eigenvalue weighted by Gasteiger charge is 2.17. The second-order valence-corrected chi connectivity index (χ2v) is 6.39. The summed E-state index contributed by atoms with van der Waals surface area (Å²) in [4.78, 5) is 11.9. The lowest BCUT2D eigenvalue weighted by molar-refractivity contribution is 0.0693. The van der Waals surface area contributed by atoms with E-state index in [2.05, 4.69) is 20.8 Å². The average molecular weight is 224 g/mol. The second-order valence-electron chi connectivity index (χ2n) is 4.52. The van der Waals surface area contributed by atoms with Crippen molar-refractivity contribution in [1.82, 2.24) is 0 Å². The Morgan fingerprint density at radius 2 is 1.93 bits per heavy atom. The maximum atomic E-state index is 11.0. The molecule has 0 radical (unpaired) electrons. The molecule has 1 aromatic rings. The Balaban J connectivity index is 3.12. The van der Waals surface area contributed by atoms with Gasteiger partial charge in [0.25, 0.3) is 0 Å². The highest BCUT2D eigenvalue weighted by Crippen LogP contribution is 2.34. The molecule has 0 atom stereocenters. The standard InChI is InChI=1S/C12H16O2S/c1-8-5-6-10(15-12(2,3)4)9(7-8)11(13)14/h5-7H,1-4H3,(H,13,14). The first-order valence-electron chi connectivity index (χ1n) is 4.82. The first-order valence-corrected chi connectivity index (χ1v) is 5.64. The smallest absolute Gasteiger partial charge is 0.336 e.